The molecule has 0 aliphatic carbocycles. The van der Waals surface area contributed by atoms with Crippen molar-refractivity contribution < 1.29 is 24.1 Å². The standard InChI is InChI=1S/C11H13FO4/c1-6(13)9-4-3-8(12)5-10(9)16-7(2)11(14)15/h3-7,13H,1-2H3,(H,14,15). The molecule has 0 aromatic heterocycles. The molecule has 1 aromatic rings. The summed E-state index contributed by atoms with van der Waals surface area (Å²) in [6.45, 7) is 2.82. The molecular formula is C11H13FO4. The second-order valence-corrected chi connectivity index (χ2v) is 3.46. The Balaban J connectivity index is 3.01. The van der Waals surface area contributed by atoms with E-state index in [1.54, 1.807) is 0 Å². The fourth-order valence-electron chi connectivity index (χ4n) is 1.20. The zero-order valence-electron chi connectivity index (χ0n) is 8.98. The molecule has 16 heavy (non-hydrogen) atoms. The Kier molecular flexibility index (Phi) is 3.84. The number of ether oxygens (including phenoxy) is 1. The Morgan fingerprint density at radius 1 is 1.44 bits per heavy atom. The number of rotatable bonds is 4. The van der Waals surface area contributed by atoms with E-state index in [0.717, 1.165) is 6.07 Å². The monoisotopic (exact) mass is 228 g/mol. The third-order valence-corrected chi connectivity index (χ3v) is 2.08. The Hall–Kier alpha value is -1.62. The summed E-state index contributed by atoms with van der Waals surface area (Å²) in [5.41, 5.74) is 0.356. The lowest BCUT2D eigenvalue weighted by Gasteiger charge is -2.15. The molecule has 0 spiro atoms. The van der Waals surface area contributed by atoms with Gasteiger partial charge in [0, 0.05) is 11.6 Å². The highest BCUT2D eigenvalue weighted by Gasteiger charge is 2.17. The SMILES string of the molecule is CC(Oc1cc(F)ccc1C(C)O)C(=O)O. The fourth-order valence-corrected chi connectivity index (χ4v) is 1.20. The van der Waals surface area contributed by atoms with E-state index in [4.69, 9.17) is 9.84 Å². The van der Waals surface area contributed by atoms with Gasteiger partial charge >= 0.3 is 5.97 Å². The predicted octanol–water partition coefficient (Wildman–Crippen LogP) is 1.73. The zero-order chi connectivity index (χ0) is 12.3. The van der Waals surface area contributed by atoms with Crippen LogP contribution in [0.15, 0.2) is 18.2 Å². The van der Waals surface area contributed by atoms with Gasteiger partial charge in [-0.05, 0) is 26.0 Å². The highest BCUT2D eigenvalue weighted by atomic mass is 19.1. The fraction of sp³-hybridized carbons (Fsp3) is 0.364. The molecule has 0 amide bonds. The molecule has 2 N–H and O–H groups in total. The van der Waals surface area contributed by atoms with Crippen molar-refractivity contribution in [3.05, 3.63) is 29.6 Å². The topological polar surface area (TPSA) is 66.8 Å². The van der Waals surface area contributed by atoms with E-state index in [1.165, 1.54) is 26.0 Å². The summed E-state index contributed by atoms with van der Waals surface area (Å²) < 4.78 is 18.0. The van der Waals surface area contributed by atoms with Gasteiger partial charge in [-0.25, -0.2) is 9.18 Å². The number of hydrogen-bond acceptors (Lipinski definition) is 3. The average Bonchev–Trinajstić information content (AvgIpc) is 2.16. The van der Waals surface area contributed by atoms with Crippen molar-refractivity contribution in [3.8, 4) is 5.75 Å². The summed E-state index contributed by atoms with van der Waals surface area (Å²) in [5.74, 6) is -1.65. The Labute approximate surface area is 92.3 Å². The summed E-state index contributed by atoms with van der Waals surface area (Å²) in [7, 11) is 0. The lowest BCUT2D eigenvalue weighted by molar-refractivity contribution is -0.144. The van der Waals surface area contributed by atoms with Gasteiger partial charge < -0.3 is 14.9 Å². The van der Waals surface area contributed by atoms with Crippen LogP contribution in [0.5, 0.6) is 5.75 Å². The van der Waals surface area contributed by atoms with Crippen LogP contribution in [-0.2, 0) is 4.79 Å². The van der Waals surface area contributed by atoms with Crippen LogP contribution in [0, 0.1) is 5.82 Å². The van der Waals surface area contributed by atoms with Crippen molar-refractivity contribution in [1.29, 1.82) is 0 Å². The van der Waals surface area contributed by atoms with Gasteiger partial charge in [0.15, 0.2) is 6.10 Å². The third kappa shape index (κ3) is 2.93. The first kappa shape index (κ1) is 12.4. The molecule has 2 unspecified atom stereocenters. The van der Waals surface area contributed by atoms with Crippen molar-refractivity contribution in [2.75, 3.05) is 0 Å². The molecule has 0 saturated carbocycles. The first-order valence-corrected chi connectivity index (χ1v) is 4.78. The number of carboxylic acid groups (broad SMARTS) is 1. The zero-order valence-corrected chi connectivity index (χ0v) is 8.98. The molecule has 0 fully saturated rings. The predicted molar refractivity (Wildman–Crippen MR) is 54.8 cm³/mol. The molecule has 0 bridgehead atoms. The van der Waals surface area contributed by atoms with Crippen LogP contribution in [0.3, 0.4) is 0 Å². The van der Waals surface area contributed by atoms with Crippen LogP contribution < -0.4 is 4.74 Å². The average molecular weight is 228 g/mol. The lowest BCUT2D eigenvalue weighted by Crippen LogP contribution is -2.23. The van der Waals surface area contributed by atoms with Gasteiger partial charge in [-0.2, -0.15) is 0 Å². The van der Waals surface area contributed by atoms with Crippen LogP contribution in [0.25, 0.3) is 0 Å². The van der Waals surface area contributed by atoms with E-state index in [0.29, 0.717) is 5.56 Å². The normalized spacial score (nSPS) is 14.2. The summed E-state index contributed by atoms with van der Waals surface area (Å²) in [6, 6.07) is 3.60. The van der Waals surface area contributed by atoms with Crippen LogP contribution in [0.1, 0.15) is 25.5 Å². The molecule has 5 heteroatoms. The van der Waals surface area contributed by atoms with Crippen LogP contribution in [0.2, 0.25) is 0 Å². The van der Waals surface area contributed by atoms with E-state index in [9.17, 15) is 14.3 Å². The van der Waals surface area contributed by atoms with E-state index in [2.05, 4.69) is 0 Å². The van der Waals surface area contributed by atoms with Crippen molar-refractivity contribution in [1.82, 2.24) is 0 Å². The molecule has 0 aliphatic rings. The minimum absolute atomic E-state index is 0.0462. The second kappa shape index (κ2) is 4.94. The number of benzene rings is 1. The number of hydrogen-bond donors (Lipinski definition) is 2. The summed E-state index contributed by atoms with van der Waals surface area (Å²) in [4.78, 5) is 10.6. The molecule has 0 radical (unpaired) electrons. The minimum atomic E-state index is -1.15. The van der Waals surface area contributed by atoms with Gasteiger partial charge in [0.25, 0.3) is 0 Å². The Morgan fingerprint density at radius 2 is 2.06 bits per heavy atom. The molecule has 1 aromatic carbocycles. The number of carboxylic acids is 1. The van der Waals surface area contributed by atoms with E-state index < -0.39 is 24.0 Å². The molecule has 2 atom stereocenters. The van der Waals surface area contributed by atoms with E-state index >= 15 is 0 Å². The summed E-state index contributed by atoms with van der Waals surface area (Å²) in [5, 5.41) is 18.1. The van der Waals surface area contributed by atoms with Gasteiger partial charge in [0.2, 0.25) is 0 Å². The highest BCUT2D eigenvalue weighted by molar-refractivity contribution is 5.72. The summed E-state index contributed by atoms with van der Waals surface area (Å²) in [6.07, 6.45) is -1.95. The van der Waals surface area contributed by atoms with Crippen LogP contribution in [-0.4, -0.2) is 22.3 Å². The maximum Gasteiger partial charge on any atom is 0.344 e. The van der Waals surface area contributed by atoms with E-state index in [-0.39, 0.29) is 5.75 Å². The highest BCUT2D eigenvalue weighted by Crippen LogP contribution is 2.26. The van der Waals surface area contributed by atoms with Crippen molar-refractivity contribution in [3.63, 3.8) is 0 Å². The number of aliphatic carboxylic acids is 1. The quantitative estimate of drug-likeness (QED) is 0.823. The van der Waals surface area contributed by atoms with Crippen molar-refractivity contribution in [2.24, 2.45) is 0 Å². The largest absolute Gasteiger partial charge is 0.479 e. The summed E-state index contributed by atoms with van der Waals surface area (Å²) >= 11 is 0. The molecule has 88 valence electrons. The number of halogens is 1. The van der Waals surface area contributed by atoms with Crippen molar-refractivity contribution in [2.45, 2.75) is 26.1 Å². The van der Waals surface area contributed by atoms with Gasteiger partial charge in [-0.1, -0.05) is 0 Å². The molecule has 1 rings (SSSR count). The van der Waals surface area contributed by atoms with Crippen LogP contribution >= 0.6 is 0 Å². The molecular weight excluding hydrogens is 215 g/mol. The smallest absolute Gasteiger partial charge is 0.344 e. The van der Waals surface area contributed by atoms with Gasteiger partial charge in [-0.15, -0.1) is 0 Å². The number of aliphatic hydroxyl groups excluding tert-OH is 1. The Bertz CT molecular complexity index is 390. The maximum atomic E-state index is 13.0. The first-order valence-electron chi connectivity index (χ1n) is 4.78. The minimum Gasteiger partial charge on any atom is -0.479 e. The number of carbonyl (C=O) groups is 1. The van der Waals surface area contributed by atoms with Crippen LogP contribution in [0.4, 0.5) is 4.39 Å². The van der Waals surface area contributed by atoms with Gasteiger partial charge in [-0.3, -0.25) is 0 Å². The van der Waals surface area contributed by atoms with Gasteiger partial charge in [0.1, 0.15) is 11.6 Å². The maximum absolute atomic E-state index is 13.0. The number of aliphatic hydroxyl groups is 1. The second-order valence-electron chi connectivity index (χ2n) is 3.46. The van der Waals surface area contributed by atoms with Gasteiger partial charge in [0.05, 0.1) is 6.10 Å². The Morgan fingerprint density at radius 3 is 2.56 bits per heavy atom. The molecule has 0 heterocycles. The molecule has 4 nitrogen and oxygen atoms in total. The molecule has 0 aliphatic heterocycles. The van der Waals surface area contributed by atoms with Crippen molar-refractivity contribution >= 4 is 5.97 Å². The third-order valence-electron chi connectivity index (χ3n) is 2.08. The van der Waals surface area contributed by atoms with E-state index in [1.807, 2.05) is 0 Å². The lowest BCUT2D eigenvalue weighted by atomic mass is 10.1. The molecule has 0 saturated heterocycles. The first-order chi connectivity index (χ1) is 7.41.